The lowest BCUT2D eigenvalue weighted by Crippen LogP contribution is -2.34. The van der Waals surface area contributed by atoms with E-state index < -0.39 is 11.7 Å². The van der Waals surface area contributed by atoms with Crippen LogP contribution in [0.4, 0.5) is 10.7 Å². The normalized spacial score (nSPS) is 14.1. The minimum absolute atomic E-state index is 0.178. The maximum Gasteiger partial charge on any atom is 0.408 e. The number of anilines is 1. The zero-order valence-corrected chi connectivity index (χ0v) is 22.2. The van der Waals surface area contributed by atoms with Gasteiger partial charge in [-0.2, -0.15) is 0 Å². The van der Waals surface area contributed by atoms with E-state index in [9.17, 15) is 9.90 Å². The zero-order chi connectivity index (χ0) is 27.4. The van der Waals surface area contributed by atoms with E-state index in [1.165, 1.54) is 5.56 Å². The molecular weight excluding hydrogens is 494 g/mol. The Morgan fingerprint density at radius 2 is 1.92 bits per heavy atom. The van der Waals surface area contributed by atoms with Crippen LogP contribution >= 0.6 is 0 Å². The average Bonchev–Trinajstić information content (AvgIpc) is 3.34. The molecule has 200 valence electrons. The first-order valence-electron chi connectivity index (χ1n) is 12.9. The first kappa shape index (κ1) is 26.0. The molecule has 1 aromatic carbocycles. The van der Waals surface area contributed by atoms with Crippen molar-refractivity contribution in [3.05, 3.63) is 60.0 Å². The van der Waals surface area contributed by atoms with E-state index in [2.05, 4.69) is 47.2 Å². The maximum atomic E-state index is 11.7. The number of hydrogen-bond acceptors (Lipinski definition) is 8. The summed E-state index contributed by atoms with van der Waals surface area (Å²) in [5.41, 5.74) is 3.40. The summed E-state index contributed by atoms with van der Waals surface area (Å²) in [5.74, 6) is 7.07. The molecule has 0 spiro atoms. The SMILES string of the molecule is CC(C)(C)OC(=O)NCC#Cc1cnc(N2CCC(c3c[nH]c4nnc(-c5ccccc5O)cc34)CC2)nc1. The number of aromatic nitrogens is 5. The number of amides is 1. The molecule has 1 saturated heterocycles. The molecule has 1 amide bonds. The van der Waals surface area contributed by atoms with Crippen molar-refractivity contribution in [2.45, 2.75) is 45.1 Å². The number of H-pyrrole nitrogens is 1. The molecule has 0 unspecified atom stereocenters. The number of aromatic hydroxyl groups is 1. The Morgan fingerprint density at radius 1 is 1.18 bits per heavy atom. The molecule has 4 heterocycles. The Balaban J connectivity index is 1.19. The number of alkyl carbamates (subject to hydrolysis) is 1. The Kier molecular flexibility index (Phi) is 7.32. The van der Waals surface area contributed by atoms with Crippen molar-refractivity contribution in [1.29, 1.82) is 0 Å². The van der Waals surface area contributed by atoms with Gasteiger partial charge in [0.05, 0.1) is 17.8 Å². The van der Waals surface area contributed by atoms with E-state index in [0.717, 1.165) is 37.0 Å². The number of phenolic OH excluding ortho intramolecular Hbond substituents is 1. The lowest BCUT2D eigenvalue weighted by molar-refractivity contribution is 0.0535. The molecule has 3 aromatic heterocycles. The number of ether oxygens (including phenoxy) is 1. The lowest BCUT2D eigenvalue weighted by Gasteiger charge is -2.31. The molecule has 0 aliphatic carbocycles. The number of rotatable bonds is 4. The molecule has 1 aliphatic rings. The molecule has 5 rings (SSSR count). The van der Waals surface area contributed by atoms with E-state index in [4.69, 9.17) is 4.74 Å². The molecule has 10 nitrogen and oxygen atoms in total. The highest BCUT2D eigenvalue weighted by molar-refractivity contribution is 5.84. The predicted octanol–water partition coefficient (Wildman–Crippen LogP) is 4.38. The van der Waals surface area contributed by atoms with Crippen molar-refractivity contribution >= 4 is 23.1 Å². The van der Waals surface area contributed by atoms with Crippen LogP contribution in [0, 0.1) is 11.8 Å². The number of fused-ring (bicyclic) bond motifs is 1. The highest BCUT2D eigenvalue weighted by atomic mass is 16.6. The number of piperidine rings is 1. The Hall–Kier alpha value is -4.65. The number of carbonyl (C=O) groups is 1. The smallest absolute Gasteiger partial charge is 0.408 e. The summed E-state index contributed by atoms with van der Waals surface area (Å²) in [7, 11) is 0. The third-order valence-corrected chi connectivity index (χ3v) is 6.46. The highest BCUT2D eigenvalue weighted by Gasteiger charge is 2.25. The fourth-order valence-corrected chi connectivity index (χ4v) is 4.62. The third-order valence-electron chi connectivity index (χ3n) is 6.46. The Morgan fingerprint density at radius 3 is 2.64 bits per heavy atom. The summed E-state index contributed by atoms with van der Waals surface area (Å²) in [6, 6.07) is 9.16. The summed E-state index contributed by atoms with van der Waals surface area (Å²) in [6.45, 7) is 7.26. The van der Waals surface area contributed by atoms with Crippen LogP contribution in [0.2, 0.25) is 0 Å². The van der Waals surface area contributed by atoms with Crippen LogP contribution < -0.4 is 10.2 Å². The fraction of sp³-hybridized carbons (Fsp3) is 0.345. The molecule has 0 saturated carbocycles. The van der Waals surface area contributed by atoms with Crippen LogP contribution in [0.1, 0.15) is 50.7 Å². The van der Waals surface area contributed by atoms with Crippen LogP contribution in [0.15, 0.2) is 48.9 Å². The largest absolute Gasteiger partial charge is 0.507 e. The number of carbonyl (C=O) groups excluding carboxylic acids is 1. The van der Waals surface area contributed by atoms with Gasteiger partial charge < -0.3 is 25.0 Å². The summed E-state index contributed by atoms with van der Waals surface area (Å²) in [4.78, 5) is 26.1. The van der Waals surface area contributed by atoms with E-state index >= 15 is 0 Å². The van der Waals surface area contributed by atoms with Gasteiger partial charge in [0, 0.05) is 42.6 Å². The van der Waals surface area contributed by atoms with Gasteiger partial charge in [-0.1, -0.05) is 24.0 Å². The summed E-state index contributed by atoms with van der Waals surface area (Å²) >= 11 is 0. The topological polar surface area (TPSA) is 129 Å². The summed E-state index contributed by atoms with van der Waals surface area (Å²) in [5, 5.41) is 22.5. The van der Waals surface area contributed by atoms with E-state index in [0.29, 0.717) is 28.7 Å². The molecule has 4 aromatic rings. The van der Waals surface area contributed by atoms with Gasteiger partial charge in [-0.15, -0.1) is 10.2 Å². The number of aromatic amines is 1. The number of nitrogens with one attached hydrogen (secondary N) is 2. The Labute approximate surface area is 226 Å². The number of phenols is 1. The minimum atomic E-state index is -0.545. The molecular formula is C29H31N7O3. The molecule has 10 heteroatoms. The van der Waals surface area contributed by atoms with Gasteiger partial charge >= 0.3 is 6.09 Å². The van der Waals surface area contributed by atoms with Gasteiger partial charge in [0.25, 0.3) is 0 Å². The Bertz CT molecular complexity index is 1520. The zero-order valence-electron chi connectivity index (χ0n) is 22.2. The average molecular weight is 526 g/mol. The van der Waals surface area contributed by atoms with Crippen molar-refractivity contribution in [2.75, 3.05) is 24.5 Å². The predicted molar refractivity (Wildman–Crippen MR) is 148 cm³/mol. The van der Waals surface area contributed by atoms with Gasteiger partial charge in [0.15, 0.2) is 5.65 Å². The van der Waals surface area contributed by atoms with Crippen molar-refractivity contribution < 1.29 is 14.6 Å². The van der Waals surface area contributed by atoms with Gasteiger partial charge in [0.2, 0.25) is 5.95 Å². The van der Waals surface area contributed by atoms with Gasteiger partial charge in [-0.05, 0) is 63.3 Å². The molecule has 3 N–H and O–H groups in total. The summed E-state index contributed by atoms with van der Waals surface area (Å²) < 4.78 is 5.19. The van der Waals surface area contributed by atoms with Crippen LogP contribution in [0.5, 0.6) is 5.75 Å². The maximum absolute atomic E-state index is 11.7. The molecule has 0 radical (unpaired) electrons. The first-order chi connectivity index (χ1) is 18.8. The fourth-order valence-electron chi connectivity index (χ4n) is 4.62. The molecule has 1 aliphatic heterocycles. The van der Waals surface area contributed by atoms with Gasteiger partial charge in [-0.3, -0.25) is 0 Å². The third kappa shape index (κ3) is 6.26. The second-order valence-corrected chi connectivity index (χ2v) is 10.4. The minimum Gasteiger partial charge on any atom is -0.507 e. The quantitative estimate of drug-likeness (QED) is 0.335. The monoisotopic (exact) mass is 525 g/mol. The highest BCUT2D eigenvalue weighted by Crippen LogP contribution is 2.35. The van der Waals surface area contributed by atoms with E-state index in [1.807, 2.05) is 45.2 Å². The molecule has 1 fully saturated rings. The van der Waals surface area contributed by atoms with E-state index in [1.54, 1.807) is 24.5 Å². The van der Waals surface area contributed by atoms with Crippen molar-refractivity contribution in [3.8, 4) is 28.8 Å². The first-order valence-corrected chi connectivity index (χ1v) is 12.9. The lowest BCUT2D eigenvalue weighted by atomic mass is 9.89. The van der Waals surface area contributed by atoms with E-state index in [-0.39, 0.29) is 12.3 Å². The number of nitrogens with zero attached hydrogens (tertiary/aromatic N) is 5. The van der Waals surface area contributed by atoms with Gasteiger partial charge in [0.1, 0.15) is 11.4 Å². The van der Waals surface area contributed by atoms with Crippen LogP contribution in [0.3, 0.4) is 0 Å². The van der Waals surface area contributed by atoms with Crippen LogP contribution in [0.25, 0.3) is 22.3 Å². The number of hydrogen-bond donors (Lipinski definition) is 3. The van der Waals surface area contributed by atoms with Crippen molar-refractivity contribution in [2.24, 2.45) is 0 Å². The number of benzene rings is 1. The number of para-hydroxylation sites is 1. The van der Waals surface area contributed by atoms with Gasteiger partial charge in [-0.25, -0.2) is 14.8 Å². The van der Waals surface area contributed by atoms with Crippen LogP contribution in [-0.2, 0) is 4.74 Å². The molecule has 0 atom stereocenters. The van der Waals surface area contributed by atoms with Crippen molar-refractivity contribution in [1.82, 2.24) is 30.5 Å². The standard InChI is InChI=1S/C29H31N7O3/c1-29(2,3)39-28(38)30-12-6-7-19-16-32-27(33-17-19)36-13-10-20(11-14-36)23-18-31-26-22(23)15-24(34-35-26)21-8-4-5-9-25(21)37/h4-5,8-9,15-18,20,37H,10-14H2,1-3H3,(H,30,38)(H,31,35). The second-order valence-electron chi connectivity index (χ2n) is 10.4. The molecule has 39 heavy (non-hydrogen) atoms. The van der Waals surface area contributed by atoms with Crippen LogP contribution in [-0.4, -0.2) is 61.6 Å². The van der Waals surface area contributed by atoms with Crippen molar-refractivity contribution in [3.63, 3.8) is 0 Å². The second kappa shape index (κ2) is 11.0. The summed E-state index contributed by atoms with van der Waals surface area (Å²) in [6.07, 6.45) is 6.82. The molecule has 0 bridgehead atoms.